The van der Waals surface area contributed by atoms with E-state index in [9.17, 15) is 4.79 Å². The summed E-state index contributed by atoms with van der Waals surface area (Å²) in [4.78, 5) is 14.5. The molecule has 1 saturated heterocycles. The van der Waals surface area contributed by atoms with E-state index < -0.39 is 0 Å². The number of amides is 1. The fourth-order valence-corrected chi connectivity index (χ4v) is 3.37. The highest BCUT2D eigenvalue weighted by Gasteiger charge is 2.23. The van der Waals surface area contributed by atoms with Crippen molar-refractivity contribution < 1.29 is 9.53 Å². The molecule has 0 unspecified atom stereocenters. The van der Waals surface area contributed by atoms with E-state index in [0.717, 1.165) is 36.2 Å². The van der Waals surface area contributed by atoms with Gasteiger partial charge in [0.1, 0.15) is 5.75 Å². The van der Waals surface area contributed by atoms with Gasteiger partial charge in [-0.05, 0) is 44.1 Å². The predicted octanol–water partition coefficient (Wildman–Crippen LogP) is 2.16. The molecule has 1 aliphatic heterocycles. The first-order valence-corrected chi connectivity index (χ1v) is 8.36. The third-order valence-electron chi connectivity index (χ3n) is 4.69. The number of hydrogen-bond acceptors (Lipinski definition) is 3. The molecule has 0 bridgehead atoms. The monoisotopic (exact) mass is 315 g/mol. The molecule has 2 heterocycles. The molecule has 1 aromatic heterocycles. The molecule has 1 N–H and O–H groups in total. The summed E-state index contributed by atoms with van der Waals surface area (Å²) in [5.74, 6) is 0.704. The molecule has 3 rings (SSSR count). The Morgan fingerprint density at radius 2 is 2.26 bits per heavy atom. The Morgan fingerprint density at radius 3 is 3.09 bits per heavy atom. The van der Waals surface area contributed by atoms with Crippen molar-refractivity contribution >= 4 is 16.8 Å². The number of nitrogens with zero attached hydrogens (tertiary/aromatic N) is 2. The van der Waals surface area contributed by atoms with E-state index in [1.807, 2.05) is 42.1 Å². The van der Waals surface area contributed by atoms with Crippen molar-refractivity contribution in [3.05, 3.63) is 30.5 Å². The number of aryl methyl sites for hydroxylation is 1. The number of benzene rings is 1. The van der Waals surface area contributed by atoms with Crippen LogP contribution in [0.25, 0.3) is 10.9 Å². The Balaban J connectivity index is 1.52. The lowest BCUT2D eigenvalue weighted by Gasteiger charge is -2.22. The number of aromatic nitrogens is 1. The molecular weight excluding hydrogens is 290 g/mol. The zero-order chi connectivity index (χ0) is 16.2. The minimum absolute atomic E-state index is 0.0547. The molecule has 1 aliphatic rings. The molecule has 0 saturated carbocycles. The second-order valence-electron chi connectivity index (χ2n) is 6.13. The van der Waals surface area contributed by atoms with Gasteiger partial charge in [-0.1, -0.05) is 13.0 Å². The van der Waals surface area contributed by atoms with E-state index in [1.165, 1.54) is 6.42 Å². The number of carbonyl (C=O) groups excluding carboxylic acids is 1. The Morgan fingerprint density at radius 1 is 1.39 bits per heavy atom. The zero-order valence-electron chi connectivity index (χ0n) is 13.9. The second-order valence-corrected chi connectivity index (χ2v) is 6.13. The van der Waals surface area contributed by atoms with Crippen molar-refractivity contribution in [2.45, 2.75) is 25.8 Å². The molecule has 5 heteroatoms. The van der Waals surface area contributed by atoms with Crippen LogP contribution in [0.3, 0.4) is 0 Å². The second kappa shape index (κ2) is 7.04. The van der Waals surface area contributed by atoms with Gasteiger partial charge in [0.05, 0.1) is 5.52 Å². The topological polar surface area (TPSA) is 46.5 Å². The fraction of sp³-hybridized carbons (Fsp3) is 0.500. The molecular formula is C18H25N3O2. The summed E-state index contributed by atoms with van der Waals surface area (Å²) in [5.41, 5.74) is 1.10. The third kappa shape index (κ3) is 3.50. The summed E-state index contributed by atoms with van der Waals surface area (Å²) in [6, 6.07) is 8.39. The number of likely N-dealkylation sites (N-methyl/N-ethyl adjacent to an activating group) is 1. The van der Waals surface area contributed by atoms with Crippen molar-refractivity contribution in [2.24, 2.45) is 7.05 Å². The summed E-state index contributed by atoms with van der Waals surface area (Å²) < 4.78 is 7.77. The van der Waals surface area contributed by atoms with Gasteiger partial charge in [-0.25, -0.2) is 0 Å². The number of hydrogen-bond donors (Lipinski definition) is 1. The van der Waals surface area contributed by atoms with E-state index in [2.05, 4.69) is 17.1 Å². The van der Waals surface area contributed by atoms with Crippen molar-refractivity contribution in [2.75, 3.05) is 26.2 Å². The van der Waals surface area contributed by atoms with Crippen LogP contribution in [0.5, 0.6) is 5.75 Å². The smallest absolute Gasteiger partial charge is 0.257 e. The molecule has 0 aliphatic carbocycles. The molecule has 0 spiro atoms. The first-order chi connectivity index (χ1) is 11.2. The van der Waals surface area contributed by atoms with Gasteiger partial charge in [-0.3, -0.25) is 9.69 Å². The lowest BCUT2D eigenvalue weighted by Crippen LogP contribution is -2.41. The number of ether oxygens (including phenoxy) is 1. The van der Waals surface area contributed by atoms with Crippen LogP contribution in [0.15, 0.2) is 30.5 Å². The van der Waals surface area contributed by atoms with Crippen molar-refractivity contribution in [3.8, 4) is 5.75 Å². The molecule has 1 aromatic carbocycles. The Bertz CT molecular complexity index is 680. The number of likely N-dealkylation sites (tertiary alicyclic amines) is 1. The van der Waals surface area contributed by atoms with Gasteiger partial charge in [0.15, 0.2) is 6.61 Å². The van der Waals surface area contributed by atoms with Crippen LogP contribution in [0, 0.1) is 0 Å². The van der Waals surface area contributed by atoms with Gasteiger partial charge in [0.2, 0.25) is 0 Å². The lowest BCUT2D eigenvalue weighted by molar-refractivity contribution is -0.123. The maximum atomic E-state index is 12.0. The summed E-state index contributed by atoms with van der Waals surface area (Å²) in [7, 11) is 2.00. The number of rotatable bonds is 6. The average molecular weight is 315 g/mol. The van der Waals surface area contributed by atoms with Crippen LogP contribution in [0.2, 0.25) is 0 Å². The van der Waals surface area contributed by atoms with Gasteiger partial charge in [-0.2, -0.15) is 0 Å². The molecule has 124 valence electrons. The number of nitrogens with one attached hydrogen (secondary N) is 1. The summed E-state index contributed by atoms with van der Waals surface area (Å²) in [6.45, 7) is 5.14. The van der Waals surface area contributed by atoms with E-state index in [-0.39, 0.29) is 12.5 Å². The Labute approximate surface area is 137 Å². The lowest BCUT2D eigenvalue weighted by atomic mass is 10.2. The molecule has 5 nitrogen and oxygen atoms in total. The van der Waals surface area contributed by atoms with E-state index in [4.69, 9.17) is 4.74 Å². The van der Waals surface area contributed by atoms with Gasteiger partial charge < -0.3 is 14.6 Å². The molecule has 0 radical (unpaired) electrons. The highest BCUT2D eigenvalue weighted by molar-refractivity contribution is 5.87. The standard InChI is InChI=1S/C18H25N3O2/c1-3-21-10-5-6-14(21)12-19-18(22)13-23-17-8-4-7-16-15(17)9-11-20(16)2/h4,7-9,11,14H,3,5-6,10,12-13H2,1-2H3,(H,19,22)/t14-/m0/s1. The van der Waals surface area contributed by atoms with Crippen LogP contribution < -0.4 is 10.1 Å². The largest absolute Gasteiger partial charge is 0.483 e. The van der Waals surface area contributed by atoms with Crippen LogP contribution in [-0.2, 0) is 11.8 Å². The molecule has 23 heavy (non-hydrogen) atoms. The maximum Gasteiger partial charge on any atom is 0.257 e. The molecule has 1 amide bonds. The SMILES string of the molecule is CCN1CCC[C@H]1CNC(=O)COc1cccc2c1ccn2C. The Kier molecular flexibility index (Phi) is 4.86. The van der Waals surface area contributed by atoms with Gasteiger partial charge in [0.25, 0.3) is 5.91 Å². The zero-order valence-corrected chi connectivity index (χ0v) is 13.9. The molecule has 2 aromatic rings. The van der Waals surface area contributed by atoms with E-state index in [1.54, 1.807) is 0 Å². The van der Waals surface area contributed by atoms with Gasteiger partial charge >= 0.3 is 0 Å². The van der Waals surface area contributed by atoms with Crippen LogP contribution in [0.1, 0.15) is 19.8 Å². The minimum atomic E-state index is -0.0547. The predicted molar refractivity (Wildman–Crippen MR) is 91.7 cm³/mol. The first-order valence-electron chi connectivity index (χ1n) is 8.36. The summed E-state index contributed by atoms with van der Waals surface area (Å²) in [6.07, 6.45) is 4.39. The highest BCUT2D eigenvalue weighted by atomic mass is 16.5. The van der Waals surface area contributed by atoms with Crippen molar-refractivity contribution in [3.63, 3.8) is 0 Å². The Hall–Kier alpha value is -2.01. The number of carbonyl (C=O) groups is 1. The first kappa shape index (κ1) is 15.9. The van der Waals surface area contributed by atoms with E-state index in [0.29, 0.717) is 12.6 Å². The molecule has 1 atom stereocenters. The highest BCUT2D eigenvalue weighted by Crippen LogP contribution is 2.25. The quantitative estimate of drug-likeness (QED) is 0.888. The van der Waals surface area contributed by atoms with Crippen molar-refractivity contribution in [1.82, 2.24) is 14.8 Å². The molecule has 1 fully saturated rings. The van der Waals surface area contributed by atoms with E-state index >= 15 is 0 Å². The average Bonchev–Trinajstić information content (AvgIpc) is 3.18. The third-order valence-corrected chi connectivity index (χ3v) is 4.69. The number of fused-ring (bicyclic) bond motifs is 1. The normalized spacial score (nSPS) is 18.4. The maximum absolute atomic E-state index is 12.0. The minimum Gasteiger partial charge on any atom is -0.483 e. The van der Waals surface area contributed by atoms with Gasteiger partial charge in [-0.15, -0.1) is 0 Å². The van der Waals surface area contributed by atoms with Crippen LogP contribution >= 0.6 is 0 Å². The van der Waals surface area contributed by atoms with Crippen LogP contribution in [0.4, 0.5) is 0 Å². The van der Waals surface area contributed by atoms with Crippen molar-refractivity contribution in [1.29, 1.82) is 0 Å². The fourth-order valence-electron chi connectivity index (χ4n) is 3.37. The van der Waals surface area contributed by atoms with Crippen LogP contribution in [-0.4, -0.2) is 47.7 Å². The van der Waals surface area contributed by atoms with Gasteiger partial charge in [0, 0.05) is 31.2 Å². The summed E-state index contributed by atoms with van der Waals surface area (Å²) in [5, 5.41) is 4.04. The summed E-state index contributed by atoms with van der Waals surface area (Å²) >= 11 is 0.